The first-order chi connectivity index (χ1) is 13.5. The normalized spacial score (nSPS) is 13.0. The molecule has 0 spiro atoms. The minimum Gasteiger partial charge on any atom is -0.206 e. The lowest BCUT2D eigenvalue weighted by Gasteiger charge is -2.10. The molecule has 29 heavy (non-hydrogen) atoms. The van der Waals surface area contributed by atoms with Gasteiger partial charge in [-0.05, 0) is 30.5 Å². The maximum Gasteiger partial charge on any atom is 0.512 e. The SMILES string of the molecule is CCCCCCCCCCCCc1ccc(S(=O)(=O)NS(=O)(=O)C(F)(F)F)cc1. The van der Waals surface area contributed by atoms with Crippen LogP contribution in [0.4, 0.5) is 13.2 Å². The Hall–Kier alpha value is -1.13. The number of rotatable bonds is 14. The highest BCUT2D eigenvalue weighted by molar-refractivity contribution is 8.05. The average molecular weight is 458 g/mol. The summed E-state index contributed by atoms with van der Waals surface area (Å²) in [5.41, 5.74) is -4.85. The maximum absolute atomic E-state index is 12.3. The van der Waals surface area contributed by atoms with E-state index in [0.29, 0.717) is 4.13 Å². The van der Waals surface area contributed by atoms with Crippen LogP contribution < -0.4 is 4.13 Å². The van der Waals surface area contributed by atoms with Crippen LogP contribution >= 0.6 is 0 Å². The second-order valence-electron chi connectivity index (χ2n) is 7.11. The summed E-state index contributed by atoms with van der Waals surface area (Å²) in [7, 11) is -10.8. The first-order valence-electron chi connectivity index (χ1n) is 9.93. The average Bonchev–Trinajstić information content (AvgIpc) is 2.62. The summed E-state index contributed by atoms with van der Waals surface area (Å²) in [6, 6.07) is 5.20. The minimum atomic E-state index is -5.98. The first-order valence-corrected chi connectivity index (χ1v) is 12.9. The fourth-order valence-electron chi connectivity index (χ4n) is 2.89. The van der Waals surface area contributed by atoms with Gasteiger partial charge >= 0.3 is 15.5 Å². The van der Waals surface area contributed by atoms with Gasteiger partial charge in [0.1, 0.15) is 0 Å². The topological polar surface area (TPSA) is 80.3 Å². The van der Waals surface area contributed by atoms with Gasteiger partial charge in [0.25, 0.3) is 10.0 Å². The van der Waals surface area contributed by atoms with Gasteiger partial charge in [-0.25, -0.2) is 16.8 Å². The summed E-state index contributed by atoms with van der Waals surface area (Å²) in [4.78, 5) is -0.530. The van der Waals surface area contributed by atoms with Crippen LogP contribution in [0.15, 0.2) is 29.2 Å². The first kappa shape index (κ1) is 25.9. The fraction of sp³-hybridized carbons (Fsp3) is 0.684. The molecule has 10 heteroatoms. The lowest BCUT2D eigenvalue weighted by Crippen LogP contribution is -2.40. The minimum absolute atomic E-state index is 0.530. The molecule has 1 N–H and O–H groups in total. The number of alkyl halides is 3. The van der Waals surface area contributed by atoms with E-state index in [2.05, 4.69) is 6.92 Å². The summed E-state index contributed by atoms with van der Waals surface area (Å²) < 4.78 is 83.5. The third-order valence-corrected chi connectivity index (χ3v) is 7.83. The van der Waals surface area contributed by atoms with E-state index in [0.717, 1.165) is 43.4 Å². The van der Waals surface area contributed by atoms with Gasteiger partial charge in [0.05, 0.1) is 4.90 Å². The van der Waals surface area contributed by atoms with E-state index in [4.69, 9.17) is 0 Å². The smallest absolute Gasteiger partial charge is 0.206 e. The van der Waals surface area contributed by atoms with Gasteiger partial charge in [0.2, 0.25) is 0 Å². The van der Waals surface area contributed by atoms with E-state index in [1.54, 1.807) is 0 Å². The van der Waals surface area contributed by atoms with Crippen LogP contribution in [0.5, 0.6) is 0 Å². The van der Waals surface area contributed by atoms with E-state index in [9.17, 15) is 30.0 Å². The van der Waals surface area contributed by atoms with Crippen molar-refractivity contribution in [3.8, 4) is 0 Å². The van der Waals surface area contributed by atoms with Crippen LogP contribution in [0.2, 0.25) is 0 Å². The van der Waals surface area contributed by atoms with Crippen molar-refractivity contribution in [1.29, 1.82) is 0 Å². The molecule has 1 aromatic rings. The number of halogens is 3. The molecule has 168 valence electrons. The lowest BCUT2D eigenvalue weighted by atomic mass is 10.0. The third kappa shape index (κ3) is 9.48. The van der Waals surface area contributed by atoms with Crippen molar-refractivity contribution in [3.63, 3.8) is 0 Å². The molecule has 0 atom stereocenters. The molecule has 0 saturated carbocycles. The number of hydrogen-bond donors (Lipinski definition) is 1. The molecule has 0 aromatic heterocycles. The van der Waals surface area contributed by atoms with Gasteiger partial charge in [-0.1, -0.05) is 81.0 Å². The van der Waals surface area contributed by atoms with Gasteiger partial charge < -0.3 is 0 Å². The summed E-state index contributed by atoms with van der Waals surface area (Å²) in [5, 5.41) is 0. The molecular formula is C19H30F3NO4S2. The van der Waals surface area contributed by atoms with Crippen molar-refractivity contribution in [2.75, 3.05) is 0 Å². The highest BCUT2D eigenvalue weighted by atomic mass is 32.3. The van der Waals surface area contributed by atoms with Crippen molar-refractivity contribution in [3.05, 3.63) is 29.8 Å². The standard InChI is InChI=1S/C19H30F3NO4S2/c1-2-3-4-5-6-7-8-9-10-11-12-17-13-15-18(16-14-17)28(24,25)23-29(26,27)19(20,21)22/h13-16,23H,2-12H2,1H3. The number of benzene rings is 1. The number of sulfonamides is 2. The molecule has 0 aliphatic heterocycles. The fourth-order valence-corrected chi connectivity index (χ4v) is 5.30. The second kappa shape index (κ2) is 11.9. The van der Waals surface area contributed by atoms with Crippen molar-refractivity contribution < 1.29 is 30.0 Å². The van der Waals surface area contributed by atoms with Gasteiger partial charge in [-0.15, -0.1) is 0 Å². The van der Waals surface area contributed by atoms with Gasteiger partial charge in [0.15, 0.2) is 0 Å². The molecular weight excluding hydrogens is 427 g/mol. The number of hydrogen-bond acceptors (Lipinski definition) is 4. The van der Waals surface area contributed by atoms with Crippen LogP contribution in [0.1, 0.15) is 76.7 Å². The second-order valence-corrected chi connectivity index (χ2v) is 10.7. The van der Waals surface area contributed by atoms with Crippen molar-refractivity contribution in [2.45, 2.75) is 88.0 Å². The van der Waals surface area contributed by atoms with Crippen LogP contribution in [0.25, 0.3) is 0 Å². The monoisotopic (exact) mass is 457 g/mol. The van der Waals surface area contributed by atoms with E-state index in [1.165, 1.54) is 57.1 Å². The summed E-state index contributed by atoms with van der Waals surface area (Å²) >= 11 is 0. The van der Waals surface area contributed by atoms with Crippen LogP contribution in [-0.4, -0.2) is 22.3 Å². The largest absolute Gasteiger partial charge is 0.512 e. The van der Waals surface area contributed by atoms with E-state index < -0.39 is 30.5 Å². The number of nitrogens with one attached hydrogen (secondary N) is 1. The summed E-state index contributed by atoms with van der Waals surface area (Å²) in [6.07, 6.45) is 12.7. The highest BCUT2D eigenvalue weighted by Gasteiger charge is 2.48. The maximum atomic E-state index is 12.3. The molecule has 0 bridgehead atoms. The Bertz CT molecular complexity index is 805. The molecule has 0 heterocycles. The Labute approximate surface area is 172 Å². The van der Waals surface area contributed by atoms with E-state index in [-0.39, 0.29) is 0 Å². The molecule has 1 rings (SSSR count). The van der Waals surface area contributed by atoms with Crippen LogP contribution in [0.3, 0.4) is 0 Å². The van der Waals surface area contributed by atoms with E-state index in [1.807, 2.05) is 0 Å². The van der Waals surface area contributed by atoms with Crippen LogP contribution in [0, 0.1) is 0 Å². The lowest BCUT2D eigenvalue weighted by molar-refractivity contribution is -0.0441. The quantitative estimate of drug-likeness (QED) is 0.386. The van der Waals surface area contributed by atoms with Gasteiger partial charge in [0, 0.05) is 0 Å². The van der Waals surface area contributed by atoms with Gasteiger partial charge in [-0.2, -0.15) is 13.2 Å². The molecule has 1 aromatic carbocycles. The highest BCUT2D eigenvalue weighted by Crippen LogP contribution is 2.24. The zero-order valence-corrected chi connectivity index (χ0v) is 18.3. The molecule has 0 aliphatic carbocycles. The Morgan fingerprint density at radius 2 is 1.21 bits per heavy atom. The molecule has 0 amide bonds. The molecule has 0 aliphatic rings. The molecule has 0 radical (unpaired) electrons. The number of aryl methyl sites for hydroxylation is 1. The Kier molecular flexibility index (Phi) is 10.6. The molecule has 5 nitrogen and oxygen atoms in total. The third-order valence-electron chi connectivity index (χ3n) is 4.58. The van der Waals surface area contributed by atoms with E-state index >= 15 is 0 Å². The Morgan fingerprint density at radius 3 is 1.66 bits per heavy atom. The van der Waals surface area contributed by atoms with Crippen molar-refractivity contribution >= 4 is 20.0 Å². The molecule has 0 unspecified atom stereocenters. The zero-order chi connectivity index (χ0) is 22.0. The van der Waals surface area contributed by atoms with Crippen molar-refractivity contribution in [2.24, 2.45) is 0 Å². The number of unbranched alkanes of at least 4 members (excludes halogenated alkanes) is 9. The van der Waals surface area contributed by atoms with Crippen molar-refractivity contribution in [1.82, 2.24) is 4.13 Å². The predicted molar refractivity (Wildman–Crippen MR) is 107 cm³/mol. The summed E-state index contributed by atoms with van der Waals surface area (Å²) in [5.74, 6) is 0. The van der Waals surface area contributed by atoms with Crippen LogP contribution in [-0.2, 0) is 26.5 Å². The Morgan fingerprint density at radius 1 is 0.759 bits per heavy atom. The molecule has 0 saturated heterocycles. The Balaban J connectivity index is 2.39. The summed E-state index contributed by atoms with van der Waals surface area (Å²) in [6.45, 7) is 2.20. The zero-order valence-electron chi connectivity index (χ0n) is 16.7. The molecule has 0 fully saturated rings. The predicted octanol–water partition coefficient (Wildman–Crippen LogP) is 5.28. The van der Waals surface area contributed by atoms with Gasteiger partial charge in [-0.3, -0.25) is 0 Å².